The molecule has 0 bridgehead atoms. The van der Waals surface area contributed by atoms with E-state index in [1.165, 1.54) is 12.8 Å². The first kappa shape index (κ1) is 20.6. The van der Waals surface area contributed by atoms with Crippen molar-refractivity contribution in [2.75, 3.05) is 45.9 Å². The molecular weight excluding hydrogens is 344 g/mol. The molecule has 0 radical (unpaired) electrons. The Morgan fingerprint density at radius 1 is 1.11 bits per heavy atom. The van der Waals surface area contributed by atoms with Crippen molar-refractivity contribution >= 4 is 11.8 Å². The molecule has 3 fully saturated rings. The largest absolute Gasteiger partial charge is 0.381 e. The fourth-order valence-electron chi connectivity index (χ4n) is 4.66. The molecule has 7 nitrogen and oxygen atoms in total. The van der Waals surface area contributed by atoms with Gasteiger partial charge in [0.1, 0.15) is 0 Å². The minimum absolute atomic E-state index is 0.0576. The summed E-state index contributed by atoms with van der Waals surface area (Å²) >= 11 is 0. The lowest BCUT2D eigenvalue weighted by molar-refractivity contribution is -0.136. The second-order valence-corrected chi connectivity index (χ2v) is 8.61. The molecule has 0 aromatic rings. The van der Waals surface area contributed by atoms with Gasteiger partial charge in [-0.3, -0.25) is 14.5 Å². The van der Waals surface area contributed by atoms with Gasteiger partial charge in [0, 0.05) is 45.4 Å². The minimum Gasteiger partial charge on any atom is -0.381 e. The van der Waals surface area contributed by atoms with E-state index < -0.39 is 6.04 Å². The molecule has 2 heterocycles. The van der Waals surface area contributed by atoms with Gasteiger partial charge in [0.25, 0.3) is 0 Å². The van der Waals surface area contributed by atoms with E-state index in [0.29, 0.717) is 44.8 Å². The number of hydrogen-bond acceptors (Lipinski definition) is 5. The first-order valence-corrected chi connectivity index (χ1v) is 10.7. The van der Waals surface area contributed by atoms with Crippen LogP contribution in [0.2, 0.25) is 0 Å². The molecule has 7 heteroatoms. The number of nitrogens with zero attached hydrogens (tertiary/aromatic N) is 2. The lowest BCUT2D eigenvalue weighted by atomic mass is 9.87. The van der Waals surface area contributed by atoms with Crippen LogP contribution in [-0.4, -0.2) is 79.6 Å². The Morgan fingerprint density at radius 3 is 2.48 bits per heavy atom. The number of hydrogen-bond donors (Lipinski definition) is 2. The molecule has 2 saturated heterocycles. The molecule has 0 spiro atoms. The van der Waals surface area contributed by atoms with Gasteiger partial charge in [-0.2, -0.15) is 0 Å². The second-order valence-electron chi connectivity index (χ2n) is 8.61. The SMILES string of the molecule is CC1CCCC(NC(=O)CN2CCN(C(=O)C(N)C3CCOCC3)CC2)C1. The van der Waals surface area contributed by atoms with Crippen LogP contribution in [0.5, 0.6) is 0 Å². The van der Waals surface area contributed by atoms with E-state index in [0.717, 1.165) is 38.8 Å². The average molecular weight is 381 g/mol. The lowest BCUT2D eigenvalue weighted by Gasteiger charge is -2.37. The third kappa shape index (κ3) is 5.90. The molecule has 2 aliphatic heterocycles. The number of piperazine rings is 1. The molecular formula is C20H36N4O3. The van der Waals surface area contributed by atoms with Gasteiger partial charge in [-0.25, -0.2) is 0 Å². The summed E-state index contributed by atoms with van der Waals surface area (Å²) in [6.45, 7) is 6.88. The Bertz CT molecular complexity index is 501. The predicted octanol–water partition coefficient (Wildman–Crippen LogP) is 0.579. The van der Waals surface area contributed by atoms with Crippen molar-refractivity contribution in [2.45, 2.75) is 57.5 Å². The van der Waals surface area contributed by atoms with Crippen molar-refractivity contribution in [3.05, 3.63) is 0 Å². The van der Waals surface area contributed by atoms with E-state index in [1.54, 1.807) is 0 Å². The first-order chi connectivity index (χ1) is 13.0. The maximum Gasteiger partial charge on any atom is 0.239 e. The average Bonchev–Trinajstić information content (AvgIpc) is 2.68. The van der Waals surface area contributed by atoms with Crippen molar-refractivity contribution < 1.29 is 14.3 Å². The fraction of sp³-hybridized carbons (Fsp3) is 0.900. The third-order valence-corrected chi connectivity index (χ3v) is 6.41. The van der Waals surface area contributed by atoms with Crippen LogP contribution in [0.3, 0.4) is 0 Å². The smallest absolute Gasteiger partial charge is 0.239 e. The van der Waals surface area contributed by atoms with E-state index >= 15 is 0 Å². The zero-order chi connectivity index (χ0) is 19.2. The molecule has 1 saturated carbocycles. The van der Waals surface area contributed by atoms with Crippen LogP contribution in [0, 0.1) is 11.8 Å². The number of ether oxygens (including phenoxy) is 1. The van der Waals surface area contributed by atoms with Crippen molar-refractivity contribution in [3.8, 4) is 0 Å². The van der Waals surface area contributed by atoms with Crippen molar-refractivity contribution in [3.63, 3.8) is 0 Å². The van der Waals surface area contributed by atoms with Crippen LogP contribution in [-0.2, 0) is 14.3 Å². The van der Waals surface area contributed by atoms with Crippen molar-refractivity contribution in [1.29, 1.82) is 0 Å². The third-order valence-electron chi connectivity index (χ3n) is 6.41. The van der Waals surface area contributed by atoms with Gasteiger partial charge in [0.05, 0.1) is 12.6 Å². The molecule has 3 atom stereocenters. The zero-order valence-corrected chi connectivity index (χ0v) is 16.7. The molecule has 0 aromatic heterocycles. The first-order valence-electron chi connectivity index (χ1n) is 10.7. The van der Waals surface area contributed by atoms with E-state index in [-0.39, 0.29) is 17.7 Å². The summed E-state index contributed by atoms with van der Waals surface area (Å²) in [7, 11) is 0. The molecule has 154 valence electrons. The summed E-state index contributed by atoms with van der Waals surface area (Å²) in [6, 6.07) is -0.0846. The van der Waals surface area contributed by atoms with Gasteiger partial charge >= 0.3 is 0 Å². The summed E-state index contributed by atoms with van der Waals surface area (Å²) in [5, 5.41) is 3.20. The van der Waals surface area contributed by atoms with Crippen LogP contribution in [0.1, 0.15) is 45.4 Å². The zero-order valence-electron chi connectivity index (χ0n) is 16.7. The number of nitrogens with one attached hydrogen (secondary N) is 1. The number of nitrogens with two attached hydrogens (primary N) is 1. The Kier molecular flexibility index (Phi) is 7.49. The normalized spacial score (nSPS) is 29.3. The van der Waals surface area contributed by atoms with Gasteiger partial charge < -0.3 is 20.7 Å². The highest BCUT2D eigenvalue weighted by Crippen LogP contribution is 2.23. The Balaban J connectivity index is 1.38. The second kappa shape index (κ2) is 9.85. The van der Waals surface area contributed by atoms with Crippen LogP contribution in [0.25, 0.3) is 0 Å². The van der Waals surface area contributed by atoms with E-state index in [4.69, 9.17) is 10.5 Å². The molecule has 27 heavy (non-hydrogen) atoms. The minimum atomic E-state index is -0.419. The maximum absolute atomic E-state index is 12.7. The van der Waals surface area contributed by atoms with Crippen LogP contribution in [0.15, 0.2) is 0 Å². The molecule has 3 unspecified atom stereocenters. The topological polar surface area (TPSA) is 87.9 Å². The van der Waals surface area contributed by atoms with Crippen molar-refractivity contribution in [2.24, 2.45) is 17.6 Å². The van der Waals surface area contributed by atoms with Gasteiger partial charge in [-0.1, -0.05) is 19.8 Å². The van der Waals surface area contributed by atoms with Crippen molar-refractivity contribution in [1.82, 2.24) is 15.1 Å². The Morgan fingerprint density at radius 2 is 1.81 bits per heavy atom. The van der Waals surface area contributed by atoms with E-state index in [9.17, 15) is 9.59 Å². The highest BCUT2D eigenvalue weighted by Gasteiger charge is 2.32. The highest BCUT2D eigenvalue weighted by molar-refractivity contribution is 5.82. The highest BCUT2D eigenvalue weighted by atomic mass is 16.5. The number of carbonyl (C=O) groups is 2. The predicted molar refractivity (Wildman–Crippen MR) is 104 cm³/mol. The quantitative estimate of drug-likeness (QED) is 0.728. The van der Waals surface area contributed by atoms with Gasteiger partial charge in [-0.15, -0.1) is 0 Å². The standard InChI is InChI=1S/C20H36N4O3/c1-15-3-2-4-17(13-15)22-18(25)14-23-7-9-24(10-8-23)20(26)19(21)16-5-11-27-12-6-16/h15-17,19H,2-14,21H2,1H3,(H,22,25). The molecule has 2 amide bonds. The van der Waals surface area contributed by atoms with Gasteiger partial charge in [0.2, 0.25) is 11.8 Å². The Labute approximate surface area is 163 Å². The van der Waals surface area contributed by atoms with Crippen LogP contribution >= 0.6 is 0 Å². The molecule has 3 rings (SSSR count). The summed E-state index contributed by atoms with van der Waals surface area (Å²) in [5.74, 6) is 1.11. The van der Waals surface area contributed by atoms with Crippen LogP contribution in [0.4, 0.5) is 0 Å². The molecule has 1 aliphatic carbocycles. The van der Waals surface area contributed by atoms with Gasteiger partial charge in [-0.05, 0) is 37.5 Å². The molecule has 3 N–H and O–H groups in total. The summed E-state index contributed by atoms with van der Waals surface area (Å²) in [6.07, 6.45) is 6.42. The molecule has 0 aromatic carbocycles. The number of carbonyl (C=O) groups excluding carboxylic acids is 2. The summed E-state index contributed by atoms with van der Waals surface area (Å²) in [4.78, 5) is 29.0. The maximum atomic E-state index is 12.7. The van der Waals surface area contributed by atoms with Crippen LogP contribution < -0.4 is 11.1 Å². The lowest BCUT2D eigenvalue weighted by Crippen LogP contribution is -2.56. The monoisotopic (exact) mass is 380 g/mol. The van der Waals surface area contributed by atoms with E-state index in [1.807, 2.05) is 4.90 Å². The number of amides is 2. The Hall–Kier alpha value is -1.18. The fourth-order valence-corrected chi connectivity index (χ4v) is 4.66. The van der Waals surface area contributed by atoms with Gasteiger partial charge in [0.15, 0.2) is 0 Å². The van der Waals surface area contributed by atoms with E-state index in [2.05, 4.69) is 17.1 Å². The summed E-state index contributed by atoms with van der Waals surface area (Å²) in [5.41, 5.74) is 6.23. The summed E-state index contributed by atoms with van der Waals surface area (Å²) < 4.78 is 5.36. The molecule has 3 aliphatic rings. The number of rotatable bonds is 5.